The molecule has 1 amide bonds. The molecule has 4 rings (SSSR count). The predicted octanol–water partition coefficient (Wildman–Crippen LogP) is 3.59. The van der Waals surface area contributed by atoms with E-state index in [1.165, 1.54) is 0 Å². The summed E-state index contributed by atoms with van der Waals surface area (Å²) in [7, 11) is 0. The van der Waals surface area contributed by atoms with Gasteiger partial charge in [0.05, 0.1) is 0 Å². The third-order valence-corrected chi connectivity index (χ3v) is 4.34. The summed E-state index contributed by atoms with van der Waals surface area (Å²) in [6.45, 7) is 0.237. The van der Waals surface area contributed by atoms with Crippen LogP contribution in [0.25, 0.3) is 0 Å². The minimum absolute atomic E-state index is 0. The van der Waals surface area contributed by atoms with Gasteiger partial charge in [-0.15, -0.1) is 12.4 Å². The van der Waals surface area contributed by atoms with Gasteiger partial charge in [-0.05, 0) is 42.7 Å². The van der Waals surface area contributed by atoms with Crippen molar-refractivity contribution in [2.75, 3.05) is 5.32 Å². The fourth-order valence-electron chi connectivity index (χ4n) is 2.64. The quantitative estimate of drug-likeness (QED) is 0.628. The van der Waals surface area contributed by atoms with Crippen molar-refractivity contribution in [3.8, 4) is 5.75 Å². The van der Waals surface area contributed by atoms with Gasteiger partial charge in [-0.3, -0.25) is 4.79 Å². The number of ether oxygens (including phenoxy) is 1. The number of hydrogen-bond donors (Lipinski definition) is 2. The number of anilines is 1. The lowest BCUT2D eigenvalue weighted by molar-refractivity contribution is -0.117. The van der Waals surface area contributed by atoms with Crippen LogP contribution in [0.1, 0.15) is 42.1 Å². The number of amides is 1. The smallest absolute Gasteiger partial charge is 0.245 e. The van der Waals surface area contributed by atoms with Gasteiger partial charge in [-0.25, -0.2) is 0 Å². The standard InChI is InChI=1S/C20H20N4O3.ClH/c21-18(13-4-2-1-3-5-13)19(25)22-15-8-10-16(11-9-15)26-12-17-23-20(27-24-17)14-6-7-14;/h1-5,8-11,14,18H,6-7,12,21H2,(H,22,25);1H. The Balaban J connectivity index is 0.00000225. The van der Waals surface area contributed by atoms with Crippen LogP contribution < -0.4 is 15.8 Å². The maximum atomic E-state index is 12.3. The summed E-state index contributed by atoms with van der Waals surface area (Å²) in [5.41, 5.74) is 7.41. The van der Waals surface area contributed by atoms with Crippen molar-refractivity contribution in [1.29, 1.82) is 0 Å². The second-order valence-electron chi connectivity index (χ2n) is 6.51. The largest absolute Gasteiger partial charge is 0.485 e. The highest BCUT2D eigenvalue weighted by molar-refractivity contribution is 5.95. The van der Waals surface area contributed by atoms with E-state index >= 15 is 0 Å². The number of nitrogens with two attached hydrogens (primary N) is 1. The number of hydrogen-bond acceptors (Lipinski definition) is 6. The molecular formula is C20H21ClN4O3. The van der Waals surface area contributed by atoms with E-state index in [0.717, 1.165) is 18.4 Å². The average molecular weight is 401 g/mol. The molecule has 0 bridgehead atoms. The van der Waals surface area contributed by atoms with Gasteiger partial charge in [0.2, 0.25) is 17.6 Å². The van der Waals surface area contributed by atoms with E-state index in [9.17, 15) is 4.79 Å². The lowest BCUT2D eigenvalue weighted by atomic mass is 10.1. The Morgan fingerprint density at radius 2 is 1.89 bits per heavy atom. The minimum atomic E-state index is -0.721. The van der Waals surface area contributed by atoms with Crippen LogP contribution in [0.15, 0.2) is 59.1 Å². The molecule has 146 valence electrons. The topological polar surface area (TPSA) is 103 Å². The molecule has 1 aliphatic rings. The second kappa shape index (κ2) is 8.86. The van der Waals surface area contributed by atoms with Crippen LogP contribution in [0, 0.1) is 0 Å². The Morgan fingerprint density at radius 1 is 1.18 bits per heavy atom. The van der Waals surface area contributed by atoms with Gasteiger partial charge in [0.15, 0.2) is 6.61 Å². The number of benzene rings is 2. The number of nitrogens with one attached hydrogen (secondary N) is 1. The first-order valence-electron chi connectivity index (χ1n) is 8.86. The van der Waals surface area contributed by atoms with Gasteiger partial charge in [0.1, 0.15) is 11.8 Å². The zero-order valence-corrected chi connectivity index (χ0v) is 15.9. The van der Waals surface area contributed by atoms with Crippen LogP contribution in [0.4, 0.5) is 5.69 Å². The van der Waals surface area contributed by atoms with Gasteiger partial charge in [-0.1, -0.05) is 35.5 Å². The number of nitrogens with zero attached hydrogens (tertiary/aromatic N) is 2. The number of rotatable bonds is 7. The van der Waals surface area contributed by atoms with Gasteiger partial charge in [0, 0.05) is 11.6 Å². The highest BCUT2D eigenvalue weighted by atomic mass is 35.5. The molecule has 1 aliphatic carbocycles. The Hall–Kier alpha value is -2.90. The van der Waals surface area contributed by atoms with Crippen LogP contribution in [-0.2, 0) is 11.4 Å². The molecule has 0 spiro atoms. The zero-order valence-electron chi connectivity index (χ0n) is 15.1. The van der Waals surface area contributed by atoms with E-state index < -0.39 is 6.04 Å². The lowest BCUT2D eigenvalue weighted by Crippen LogP contribution is -2.27. The summed E-state index contributed by atoms with van der Waals surface area (Å²) in [5, 5.41) is 6.72. The van der Waals surface area contributed by atoms with Gasteiger partial charge < -0.3 is 20.3 Å². The molecule has 1 unspecified atom stereocenters. The van der Waals surface area contributed by atoms with Crippen molar-refractivity contribution in [2.24, 2.45) is 5.73 Å². The number of halogens is 1. The van der Waals surface area contributed by atoms with Crippen molar-refractivity contribution in [3.63, 3.8) is 0 Å². The second-order valence-corrected chi connectivity index (χ2v) is 6.51. The Kier molecular flexibility index (Phi) is 6.28. The number of carbonyl (C=O) groups excluding carboxylic acids is 1. The molecule has 3 aromatic rings. The molecule has 1 heterocycles. The molecule has 1 aromatic heterocycles. The van der Waals surface area contributed by atoms with Gasteiger partial charge in [0.25, 0.3) is 0 Å². The van der Waals surface area contributed by atoms with Crippen molar-refractivity contribution >= 4 is 24.0 Å². The molecule has 0 aliphatic heterocycles. The average Bonchev–Trinajstić information content (AvgIpc) is 3.45. The SMILES string of the molecule is Cl.NC(C(=O)Nc1ccc(OCc2noc(C3CC3)n2)cc1)c1ccccc1. The van der Waals surface area contributed by atoms with Crippen LogP contribution in [0.5, 0.6) is 5.75 Å². The summed E-state index contributed by atoms with van der Waals surface area (Å²) in [5.74, 6) is 2.04. The summed E-state index contributed by atoms with van der Waals surface area (Å²) in [6.07, 6.45) is 2.23. The molecule has 7 nitrogen and oxygen atoms in total. The van der Waals surface area contributed by atoms with Gasteiger partial charge in [-0.2, -0.15) is 4.98 Å². The number of carbonyl (C=O) groups is 1. The molecule has 1 saturated carbocycles. The Bertz CT molecular complexity index is 911. The van der Waals surface area contributed by atoms with Crippen molar-refractivity contribution in [3.05, 3.63) is 71.9 Å². The molecule has 8 heteroatoms. The molecule has 0 saturated heterocycles. The number of aromatic nitrogens is 2. The molecular weight excluding hydrogens is 380 g/mol. The molecule has 28 heavy (non-hydrogen) atoms. The fraction of sp³-hybridized carbons (Fsp3) is 0.250. The minimum Gasteiger partial charge on any atom is -0.485 e. The third kappa shape index (κ3) is 4.88. The predicted molar refractivity (Wildman–Crippen MR) is 106 cm³/mol. The summed E-state index contributed by atoms with van der Waals surface area (Å²) >= 11 is 0. The van der Waals surface area contributed by atoms with Crippen LogP contribution >= 0.6 is 12.4 Å². The first-order chi connectivity index (χ1) is 13.2. The van der Waals surface area contributed by atoms with E-state index in [2.05, 4.69) is 15.5 Å². The molecule has 1 fully saturated rings. The fourth-order valence-corrected chi connectivity index (χ4v) is 2.64. The summed E-state index contributed by atoms with van der Waals surface area (Å²) < 4.78 is 10.9. The van der Waals surface area contributed by atoms with Crippen molar-refractivity contribution < 1.29 is 14.1 Å². The van der Waals surface area contributed by atoms with E-state index in [1.54, 1.807) is 24.3 Å². The van der Waals surface area contributed by atoms with E-state index in [1.807, 2.05) is 30.3 Å². The summed E-state index contributed by atoms with van der Waals surface area (Å²) in [4.78, 5) is 16.6. The first kappa shape index (κ1) is 19.9. The maximum absolute atomic E-state index is 12.3. The van der Waals surface area contributed by atoms with E-state index in [4.69, 9.17) is 15.0 Å². The molecule has 1 atom stereocenters. The van der Waals surface area contributed by atoms with E-state index in [-0.39, 0.29) is 24.9 Å². The maximum Gasteiger partial charge on any atom is 0.245 e. The third-order valence-electron chi connectivity index (χ3n) is 4.34. The van der Waals surface area contributed by atoms with Crippen LogP contribution in [0.3, 0.4) is 0 Å². The molecule has 2 aromatic carbocycles. The Labute approximate surface area is 168 Å². The van der Waals surface area contributed by atoms with Crippen LogP contribution in [0.2, 0.25) is 0 Å². The zero-order chi connectivity index (χ0) is 18.6. The van der Waals surface area contributed by atoms with Crippen molar-refractivity contribution in [1.82, 2.24) is 10.1 Å². The highest BCUT2D eigenvalue weighted by Crippen LogP contribution is 2.38. The monoisotopic (exact) mass is 400 g/mol. The summed E-state index contributed by atoms with van der Waals surface area (Å²) in [6, 6.07) is 15.6. The lowest BCUT2D eigenvalue weighted by Gasteiger charge is -2.13. The Morgan fingerprint density at radius 3 is 2.57 bits per heavy atom. The van der Waals surface area contributed by atoms with E-state index in [0.29, 0.717) is 29.1 Å². The molecule has 3 N–H and O–H groups in total. The first-order valence-corrected chi connectivity index (χ1v) is 8.86. The van der Waals surface area contributed by atoms with Crippen molar-refractivity contribution in [2.45, 2.75) is 31.4 Å². The van der Waals surface area contributed by atoms with Gasteiger partial charge >= 0.3 is 0 Å². The highest BCUT2D eigenvalue weighted by Gasteiger charge is 2.29. The normalized spacial score (nSPS) is 14.0. The molecule has 0 radical (unpaired) electrons. The van der Waals surface area contributed by atoms with Crippen LogP contribution in [-0.4, -0.2) is 16.0 Å².